The third-order valence-electron chi connectivity index (χ3n) is 3.07. The Morgan fingerprint density at radius 3 is 2.59 bits per heavy atom. The Balaban J connectivity index is 2.10. The van der Waals surface area contributed by atoms with Gasteiger partial charge < -0.3 is 15.4 Å². The number of hydrogen-bond donors (Lipinski definition) is 3. The molecule has 0 spiro atoms. The largest absolute Gasteiger partial charge is 0.383 e. The minimum Gasteiger partial charge on any atom is -0.383 e. The second kappa shape index (κ2) is 6.24. The van der Waals surface area contributed by atoms with Crippen LogP contribution in [0.15, 0.2) is 24.3 Å². The Hall–Kier alpha value is -1.63. The van der Waals surface area contributed by atoms with Gasteiger partial charge in [0.05, 0.1) is 11.6 Å². The van der Waals surface area contributed by atoms with Gasteiger partial charge in [0, 0.05) is 11.6 Å². The lowest BCUT2D eigenvalue weighted by atomic mass is 9.95. The Kier molecular flexibility index (Phi) is 4.75. The maximum Gasteiger partial charge on any atom is 0.267 e. The normalized spacial score (nSPS) is 13.7. The predicted octanol–water partition coefficient (Wildman–Crippen LogP) is 3.24. The summed E-state index contributed by atoms with van der Waals surface area (Å²) in [5.74, 6) is -2.22. The van der Waals surface area contributed by atoms with Gasteiger partial charge in [0.25, 0.3) is 5.91 Å². The molecule has 8 heteroatoms. The van der Waals surface area contributed by atoms with Crippen molar-refractivity contribution in [3.63, 3.8) is 0 Å². The zero-order chi connectivity index (χ0) is 16.5. The van der Waals surface area contributed by atoms with Gasteiger partial charge in [0.1, 0.15) is 28.1 Å². The fraction of sp³-hybridized carbons (Fsp3) is 0.214. The molecular formula is C14H12Cl2F2N2O2. The monoisotopic (exact) mass is 348 g/mol. The van der Waals surface area contributed by atoms with E-state index in [0.29, 0.717) is 6.07 Å². The number of carbonyl (C=O) groups excluding carboxylic acids is 1. The molecule has 0 radical (unpaired) electrons. The highest BCUT2D eigenvalue weighted by molar-refractivity contribution is 6.41. The van der Waals surface area contributed by atoms with E-state index in [9.17, 15) is 18.7 Å². The molecule has 0 aliphatic carbocycles. The van der Waals surface area contributed by atoms with Crippen molar-refractivity contribution in [1.29, 1.82) is 0 Å². The number of aliphatic hydroxyl groups is 1. The molecule has 0 saturated carbocycles. The molecule has 1 heterocycles. The summed E-state index contributed by atoms with van der Waals surface area (Å²) in [5, 5.41) is 13.0. The summed E-state index contributed by atoms with van der Waals surface area (Å²) in [6, 6.07) is 4.14. The van der Waals surface area contributed by atoms with Crippen LogP contribution >= 0.6 is 23.2 Å². The molecule has 0 saturated heterocycles. The number of amides is 1. The van der Waals surface area contributed by atoms with E-state index < -0.39 is 23.1 Å². The highest BCUT2D eigenvalue weighted by Gasteiger charge is 2.28. The van der Waals surface area contributed by atoms with Crippen LogP contribution in [0, 0.1) is 11.6 Å². The fourth-order valence-electron chi connectivity index (χ4n) is 1.90. The van der Waals surface area contributed by atoms with Crippen LogP contribution in [0.3, 0.4) is 0 Å². The highest BCUT2D eigenvalue weighted by atomic mass is 35.5. The molecule has 1 aromatic heterocycles. The summed E-state index contributed by atoms with van der Waals surface area (Å²) in [5.41, 5.74) is -1.74. The van der Waals surface area contributed by atoms with Gasteiger partial charge in [0.2, 0.25) is 0 Å². The topological polar surface area (TPSA) is 65.1 Å². The molecule has 4 nitrogen and oxygen atoms in total. The zero-order valence-corrected chi connectivity index (χ0v) is 12.9. The van der Waals surface area contributed by atoms with Crippen LogP contribution in [0.5, 0.6) is 0 Å². The molecule has 2 aromatic rings. The summed E-state index contributed by atoms with van der Waals surface area (Å²) in [7, 11) is 0. The summed E-state index contributed by atoms with van der Waals surface area (Å²) in [4.78, 5) is 14.5. The van der Waals surface area contributed by atoms with Crippen LogP contribution in [0.2, 0.25) is 10.2 Å². The van der Waals surface area contributed by atoms with Crippen molar-refractivity contribution in [3.05, 3.63) is 57.3 Å². The molecule has 1 aromatic carbocycles. The third kappa shape index (κ3) is 3.58. The van der Waals surface area contributed by atoms with Gasteiger partial charge in [0.15, 0.2) is 0 Å². The number of benzene rings is 1. The van der Waals surface area contributed by atoms with Crippen molar-refractivity contribution in [3.8, 4) is 0 Å². The Morgan fingerprint density at radius 2 is 2.05 bits per heavy atom. The molecule has 0 aliphatic rings. The lowest BCUT2D eigenvalue weighted by Gasteiger charge is -2.24. The number of aromatic amines is 1. The number of nitrogens with one attached hydrogen (secondary N) is 2. The van der Waals surface area contributed by atoms with Gasteiger partial charge in [-0.05, 0) is 19.1 Å². The van der Waals surface area contributed by atoms with Gasteiger partial charge in [-0.1, -0.05) is 29.3 Å². The number of carbonyl (C=O) groups is 1. The third-order valence-corrected chi connectivity index (χ3v) is 3.77. The van der Waals surface area contributed by atoms with Gasteiger partial charge in [-0.2, -0.15) is 0 Å². The van der Waals surface area contributed by atoms with E-state index in [1.165, 1.54) is 13.0 Å². The summed E-state index contributed by atoms with van der Waals surface area (Å²) < 4.78 is 26.6. The molecule has 1 atom stereocenters. The Morgan fingerprint density at radius 1 is 1.36 bits per heavy atom. The lowest BCUT2D eigenvalue weighted by molar-refractivity contribution is 0.0493. The van der Waals surface area contributed by atoms with Crippen molar-refractivity contribution < 1.29 is 18.7 Å². The van der Waals surface area contributed by atoms with Crippen LogP contribution in [-0.4, -0.2) is 22.5 Å². The van der Waals surface area contributed by atoms with E-state index in [1.54, 1.807) is 0 Å². The van der Waals surface area contributed by atoms with E-state index in [2.05, 4.69) is 10.3 Å². The SMILES string of the molecule is CC(O)(CNC(=O)c1cc(Cl)c(Cl)[nH]1)c1ccc(F)cc1F. The van der Waals surface area contributed by atoms with E-state index in [4.69, 9.17) is 23.2 Å². The first-order valence-corrected chi connectivity index (χ1v) is 6.96. The standard InChI is InChI=1S/C14H12Cl2F2N2O2/c1-14(22,8-3-2-7(17)4-10(8)18)6-19-13(21)11-5-9(15)12(16)20-11/h2-5,20,22H,6H2,1H3,(H,19,21). The molecule has 1 unspecified atom stereocenters. The smallest absolute Gasteiger partial charge is 0.267 e. The van der Waals surface area contributed by atoms with Crippen LogP contribution in [0.4, 0.5) is 8.78 Å². The van der Waals surface area contributed by atoms with Crippen molar-refractivity contribution in [2.45, 2.75) is 12.5 Å². The first-order chi connectivity index (χ1) is 10.2. The lowest BCUT2D eigenvalue weighted by Crippen LogP contribution is -2.39. The first-order valence-electron chi connectivity index (χ1n) is 6.21. The molecule has 1 amide bonds. The summed E-state index contributed by atoms with van der Waals surface area (Å²) >= 11 is 11.4. The van der Waals surface area contributed by atoms with Gasteiger partial charge in [-0.3, -0.25) is 4.79 Å². The molecule has 0 bridgehead atoms. The zero-order valence-electron chi connectivity index (χ0n) is 11.4. The maximum absolute atomic E-state index is 13.7. The quantitative estimate of drug-likeness (QED) is 0.794. The van der Waals surface area contributed by atoms with Crippen LogP contribution in [0.1, 0.15) is 23.0 Å². The maximum atomic E-state index is 13.7. The molecule has 0 aliphatic heterocycles. The predicted molar refractivity (Wildman–Crippen MR) is 79.1 cm³/mol. The van der Waals surface area contributed by atoms with Crippen LogP contribution in [0.25, 0.3) is 0 Å². The highest BCUT2D eigenvalue weighted by Crippen LogP contribution is 2.24. The number of hydrogen-bond acceptors (Lipinski definition) is 2. The second-order valence-corrected chi connectivity index (χ2v) is 5.71. The average Bonchev–Trinajstić information content (AvgIpc) is 2.76. The fourth-order valence-corrected chi connectivity index (χ4v) is 2.21. The van der Waals surface area contributed by atoms with Gasteiger partial charge in [-0.15, -0.1) is 0 Å². The first kappa shape index (κ1) is 16.7. The van der Waals surface area contributed by atoms with Crippen molar-refractivity contribution in [2.24, 2.45) is 0 Å². The minimum absolute atomic E-state index is 0.102. The molecule has 118 valence electrons. The molecule has 22 heavy (non-hydrogen) atoms. The van der Waals surface area contributed by atoms with Crippen LogP contribution < -0.4 is 5.32 Å². The van der Waals surface area contributed by atoms with E-state index in [-0.39, 0.29) is 28.0 Å². The number of H-pyrrole nitrogens is 1. The van der Waals surface area contributed by atoms with E-state index in [1.807, 2.05) is 0 Å². The van der Waals surface area contributed by atoms with Crippen LogP contribution in [-0.2, 0) is 5.60 Å². The summed E-state index contributed by atoms with van der Waals surface area (Å²) in [6.07, 6.45) is 0. The molecule has 0 fully saturated rings. The molecular weight excluding hydrogens is 337 g/mol. The second-order valence-electron chi connectivity index (χ2n) is 4.93. The number of aromatic nitrogens is 1. The van der Waals surface area contributed by atoms with Crippen molar-refractivity contribution in [1.82, 2.24) is 10.3 Å². The Labute approximate surface area is 135 Å². The number of halogens is 4. The minimum atomic E-state index is -1.71. The Bertz CT molecular complexity index is 697. The average molecular weight is 349 g/mol. The van der Waals surface area contributed by atoms with Crippen molar-refractivity contribution >= 4 is 29.1 Å². The van der Waals surface area contributed by atoms with Gasteiger partial charge in [-0.25, -0.2) is 8.78 Å². The number of rotatable bonds is 4. The van der Waals surface area contributed by atoms with Gasteiger partial charge >= 0.3 is 0 Å². The van der Waals surface area contributed by atoms with Crippen molar-refractivity contribution in [2.75, 3.05) is 6.54 Å². The summed E-state index contributed by atoms with van der Waals surface area (Å²) in [6.45, 7) is 1.01. The molecule has 3 N–H and O–H groups in total. The molecule has 2 rings (SSSR count). The van der Waals surface area contributed by atoms with E-state index >= 15 is 0 Å². The van der Waals surface area contributed by atoms with E-state index in [0.717, 1.165) is 12.1 Å².